The van der Waals surface area contributed by atoms with Crippen molar-refractivity contribution in [2.24, 2.45) is 7.05 Å². The second-order valence-corrected chi connectivity index (χ2v) is 8.72. The zero-order valence-electron chi connectivity index (χ0n) is 17.5. The molecular formula is C22H17FN4O4S2. The van der Waals surface area contributed by atoms with Crippen molar-refractivity contribution in [3.8, 4) is 10.6 Å². The van der Waals surface area contributed by atoms with E-state index in [4.69, 9.17) is 4.74 Å². The van der Waals surface area contributed by atoms with E-state index in [0.29, 0.717) is 11.4 Å². The van der Waals surface area contributed by atoms with Crippen molar-refractivity contribution in [1.29, 1.82) is 0 Å². The number of esters is 1. The number of methoxy groups -OCH3 is 1. The summed E-state index contributed by atoms with van der Waals surface area (Å²) in [5, 5.41) is 4.76. The highest BCUT2D eigenvalue weighted by molar-refractivity contribution is 7.99. The molecule has 11 heteroatoms. The quantitative estimate of drug-likeness (QED) is 0.253. The van der Waals surface area contributed by atoms with E-state index in [1.165, 1.54) is 42.7 Å². The second kappa shape index (κ2) is 9.51. The number of amides is 1. The summed E-state index contributed by atoms with van der Waals surface area (Å²) in [7, 11) is 2.88. The Kier molecular flexibility index (Phi) is 6.52. The second-order valence-electron chi connectivity index (χ2n) is 6.83. The predicted molar refractivity (Wildman–Crippen MR) is 125 cm³/mol. The first-order valence-corrected chi connectivity index (χ1v) is 11.5. The third-order valence-electron chi connectivity index (χ3n) is 4.64. The van der Waals surface area contributed by atoms with Crippen LogP contribution >= 0.6 is 23.1 Å². The van der Waals surface area contributed by atoms with Crippen LogP contribution in [0.1, 0.15) is 10.4 Å². The Morgan fingerprint density at radius 1 is 1.21 bits per heavy atom. The van der Waals surface area contributed by atoms with Crippen LogP contribution in [0, 0.1) is 5.82 Å². The standard InChI is InChI=1S/C22H17FN4O4S2/c1-27-19-18(14(21(30)31-2)10-15(25-19)16-7-4-8-32-16)20(29)26-22(27)33-11-17(28)24-13-6-3-5-12(23)9-13/h3-10H,11H2,1-2H3,(H,24,28). The van der Waals surface area contributed by atoms with Crippen molar-refractivity contribution < 1.29 is 18.7 Å². The lowest BCUT2D eigenvalue weighted by molar-refractivity contribution is -0.113. The number of benzene rings is 1. The Morgan fingerprint density at radius 3 is 2.73 bits per heavy atom. The number of rotatable bonds is 6. The summed E-state index contributed by atoms with van der Waals surface area (Å²) in [6.45, 7) is 0. The van der Waals surface area contributed by atoms with Crippen molar-refractivity contribution >= 4 is 51.7 Å². The molecule has 0 aliphatic heterocycles. The van der Waals surface area contributed by atoms with Crippen LogP contribution in [0.2, 0.25) is 0 Å². The molecule has 4 rings (SSSR count). The van der Waals surface area contributed by atoms with Gasteiger partial charge in [-0.05, 0) is 35.7 Å². The van der Waals surface area contributed by atoms with Crippen molar-refractivity contribution in [1.82, 2.24) is 14.5 Å². The molecule has 0 fully saturated rings. The van der Waals surface area contributed by atoms with Crippen LogP contribution in [0.5, 0.6) is 0 Å². The molecule has 1 amide bonds. The topological polar surface area (TPSA) is 103 Å². The van der Waals surface area contributed by atoms with E-state index in [9.17, 15) is 18.8 Å². The van der Waals surface area contributed by atoms with Crippen LogP contribution in [0.25, 0.3) is 21.6 Å². The first-order valence-electron chi connectivity index (χ1n) is 9.59. The number of aryl methyl sites for hydroxylation is 1. The molecule has 0 aliphatic rings. The van der Waals surface area contributed by atoms with Crippen LogP contribution in [0.4, 0.5) is 10.1 Å². The first kappa shape index (κ1) is 22.6. The van der Waals surface area contributed by atoms with Crippen molar-refractivity contribution in [2.45, 2.75) is 5.16 Å². The lowest BCUT2D eigenvalue weighted by atomic mass is 10.1. The minimum Gasteiger partial charge on any atom is -0.465 e. The average molecular weight is 485 g/mol. The summed E-state index contributed by atoms with van der Waals surface area (Å²) >= 11 is 2.46. The molecule has 0 spiro atoms. The lowest BCUT2D eigenvalue weighted by Gasteiger charge is -2.13. The maximum absolute atomic E-state index is 13.3. The molecular weight excluding hydrogens is 467 g/mol. The highest BCUT2D eigenvalue weighted by atomic mass is 32.2. The minimum absolute atomic E-state index is 0.0400. The van der Waals surface area contributed by atoms with Gasteiger partial charge in [0.15, 0.2) is 5.16 Å². The summed E-state index contributed by atoms with van der Waals surface area (Å²) in [5.74, 6) is -1.60. The Bertz CT molecular complexity index is 1420. The molecule has 3 aromatic heterocycles. The summed E-state index contributed by atoms with van der Waals surface area (Å²) in [6, 6.07) is 10.8. The zero-order chi connectivity index (χ0) is 23.5. The van der Waals surface area contributed by atoms with Gasteiger partial charge in [-0.3, -0.25) is 9.59 Å². The molecule has 1 N–H and O–H groups in total. The van der Waals surface area contributed by atoms with E-state index < -0.39 is 23.3 Å². The summed E-state index contributed by atoms with van der Waals surface area (Å²) < 4.78 is 19.7. The predicted octanol–water partition coefficient (Wildman–Crippen LogP) is 3.71. The lowest BCUT2D eigenvalue weighted by Crippen LogP contribution is -2.20. The van der Waals surface area contributed by atoms with Gasteiger partial charge in [0.05, 0.1) is 34.4 Å². The number of nitrogens with zero attached hydrogens (tertiary/aromatic N) is 3. The maximum Gasteiger partial charge on any atom is 0.338 e. The SMILES string of the molecule is COC(=O)c1cc(-c2cccs2)nc2c1c(=O)nc(SCC(=O)Nc1cccc(F)c1)n2C. The molecule has 0 saturated carbocycles. The third-order valence-corrected chi connectivity index (χ3v) is 6.56. The average Bonchev–Trinajstić information content (AvgIpc) is 3.34. The number of thioether (sulfide) groups is 1. The molecule has 1 aromatic carbocycles. The van der Waals surface area contributed by atoms with Crippen molar-refractivity contribution in [3.05, 3.63) is 69.6 Å². The molecule has 0 aliphatic carbocycles. The number of nitrogens with one attached hydrogen (secondary N) is 1. The number of ether oxygens (including phenoxy) is 1. The van der Waals surface area contributed by atoms with E-state index in [1.807, 2.05) is 17.5 Å². The Balaban J connectivity index is 1.70. The van der Waals surface area contributed by atoms with Crippen LogP contribution in [0.3, 0.4) is 0 Å². The number of aromatic nitrogens is 3. The summed E-state index contributed by atoms with van der Waals surface area (Å²) in [6.07, 6.45) is 0. The van der Waals surface area contributed by atoms with Crippen LogP contribution in [-0.4, -0.2) is 39.3 Å². The number of fused-ring (bicyclic) bond motifs is 1. The van der Waals surface area contributed by atoms with E-state index in [0.717, 1.165) is 16.6 Å². The van der Waals surface area contributed by atoms with Crippen LogP contribution in [-0.2, 0) is 16.6 Å². The fourth-order valence-electron chi connectivity index (χ4n) is 3.14. The minimum atomic E-state index is -0.672. The third kappa shape index (κ3) is 4.78. The molecule has 8 nitrogen and oxygen atoms in total. The molecule has 33 heavy (non-hydrogen) atoms. The number of carbonyl (C=O) groups is 2. The number of pyridine rings is 1. The molecule has 0 radical (unpaired) electrons. The van der Waals surface area contributed by atoms with Gasteiger partial charge in [0.25, 0.3) is 5.56 Å². The Hall–Kier alpha value is -3.57. The van der Waals surface area contributed by atoms with Gasteiger partial charge < -0.3 is 14.6 Å². The number of hydrogen-bond acceptors (Lipinski definition) is 8. The molecule has 0 atom stereocenters. The molecule has 0 bridgehead atoms. The van der Waals surface area contributed by atoms with E-state index >= 15 is 0 Å². The highest BCUT2D eigenvalue weighted by Crippen LogP contribution is 2.28. The van der Waals surface area contributed by atoms with Gasteiger partial charge in [0, 0.05) is 12.7 Å². The zero-order valence-corrected chi connectivity index (χ0v) is 19.1. The highest BCUT2D eigenvalue weighted by Gasteiger charge is 2.21. The smallest absolute Gasteiger partial charge is 0.338 e. The van der Waals surface area contributed by atoms with Crippen molar-refractivity contribution in [3.63, 3.8) is 0 Å². The summed E-state index contributed by atoms with van der Waals surface area (Å²) in [5.41, 5.74) is 0.500. The van der Waals surface area contributed by atoms with Gasteiger partial charge in [-0.25, -0.2) is 14.2 Å². The van der Waals surface area contributed by atoms with Crippen LogP contribution < -0.4 is 10.9 Å². The number of halogens is 1. The molecule has 4 aromatic rings. The normalized spacial score (nSPS) is 10.9. The van der Waals surface area contributed by atoms with E-state index in [1.54, 1.807) is 17.7 Å². The van der Waals surface area contributed by atoms with Crippen molar-refractivity contribution in [2.75, 3.05) is 18.2 Å². The van der Waals surface area contributed by atoms with E-state index in [-0.39, 0.29) is 27.5 Å². The van der Waals surface area contributed by atoms with Gasteiger partial charge in [-0.2, -0.15) is 4.98 Å². The maximum atomic E-state index is 13.3. The molecule has 3 heterocycles. The van der Waals surface area contributed by atoms with Crippen LogP contribution in [0.15, 0.2) is 57.8 Å². The van der Waals surface area contributed by atoms with Gasteiger partial charge in [-0.1, -0.05) is 23.9 Å². The number of hydrogen-bond donors (Lipinski definition) is 1. The van der Waals surface area contributed by atoms with Gasteiger partial charge in [0.1, 0.15) is 11.5 Å². The van der Waals surface area contributed by atoms with Gasteiger partial charge in [-0.15, -0.1) is 11.3 Å². The molecule has 168 valence electrons. The van der Waals surface area contributed by atoms with Gasteiger partial charge in [0.2, 0.25) is 5.91 Å². The molecule has 0 unspecified atom stereocenters. The van der Waals surface area contributed by atoms with E-state index in [2.05, 4.69) is 15.3 Å². The summed E-state index contributed by atoms with van der Waals surface area (Å²) in [4.78, 5) is 47.0. The molecule has 0 saturated heterocycles. The fraction of sp³-hybridized carbons (Fsp3) is 0.136. The first-order chi connectivity index (χ1) is 15.9. The Morgan fingerprint density at radius 2 is 2.03 bits per heavy atom. The monoisotopic (exact) mass is 484 g/mol. The Labute approximate surface area is 195 Å². The van der Waals surface area contributed by atoms with Gasteiger partial charge >= 0.3 is 5.97 Å². The number of carbonyl (C=O) groups excluding carboxylic acids is 2. The fourth-order valence-corrected chi connectivity index (χ4v) is 4.58. The number of thiophene rings is 1. The number of anilines is 1. The largest absolute Gasteiger partial charge is 0.465 e.